The third-order valence-electron chi connectivity index (χ3n) is 3.12. The summed E-state index contributed by atoms with van der Waals surface area (Å²) in [5.74, 6) is -6.24. The number of hydrogen-bond acceptors (Lipinski definition) is 2. The maximum absolute atomic E-state index is 15.1. The van der Waals surface area contributed by atoms with Crippen LogP contribution in [-0.2, 0) is 9.47 Å². The fraction of sp³-hybridized carbons (Fsp3) is 1.00. The number of ether oxygens (including phenoxy) is 2. The second kappa shape index (κ2) is 3.41. The Bertz CT molecular complexity index is 284. The Balaban J connectivity index is 3.38. The van der Waals surface area contributed by atoms with Gasteiger partial charge in [0.2, 0.25) is 0 Å². The molecule has 0 amide bonds. The van der Waals surface area contributed by atoms with Crippen molar-refractivity contribution in [1.29, 1.82) is 0 Å². The quantitative estimate of drug-likeness (QED) is 0.641. The van der Waals surface area contributed by atoms with Crippen LogP contribution >= 0.6 is 0 Å². The molecule has 2 unspecified atom stereocenters. The van der Waals surface area contributed by atoms with E-state index in [1.165, 1.54) is 13.8 Å². The highest BCUT2D eigenvalue weighted by Gasteiger charge is 2.75. The SMILES string of the molecule is CC1(C)OC(F)(C(C)(C)C)C(F)(C(C)(C)C)O1. The minimum atomic E-state index is -2.48. The molecule has 0 radical (unpaired) electrons. The maximum atomic E-state index is 15.1. The zero-order chi connectivity index (χ0) is 13.9. The van der Waals surface area contributed by atoms with Crippen LogP contribution in [0.4, 0.5) is 8.78 Å². The van der Waals surface area contributed by atoms with E-state index in [2.05, 4.69) is 0 Å². The minimum Gasteiger partial charge on any atom is -0.309 e. The molecule has 102 valence electrons. The second-order valence-corrected chi connectivity index (χ2v) is 7.29. The van der Waals surface area contributed by atoms with Crippen LogP contribution in [0.1, 0.15) is 55.4 Å². The average molecular weight is 250 g/mol. The summed E-state index contributed by atoms with van der Waals surface area (Å²) < 4.78 is 40.8. The van der Waals surface area contributed by atoms with Crippen LogP contribution in [-0.4, -0.2) is 17.5 Å². The summed E-state index contributed by atoms with van der Waals surface area (Å²) in [4.78, 5) is 0. The Labute approximate surface area is 103 Å². The summed E-state index contributed by atoms with van der Waals surface area (Å²) in [6.45, 7) is 12.7. The van der Waals surface area contributed by atoms with Crippen LogP contribution in [0, 0.1) is 10.8 Å². The topological polar surface area (TPSA) is 18.5 Å². The molecule has 1 saturated heterocycles. The molecule has 0 aromatic carbocycles. The molecule has 0 saturated carbocycles. The predicted octanol–water partition coefficient (Wildman–Crippen LogP) is 4.19. The van der Waals surface area contributed by atoms with Gasteiger partial charge in [0.15, 0.2) is 5.79 Å². The molecule has 0 aliphatic carbocycles. The highest BCUT2D eigenvalue weighted by molar-refractivity contribution is 5.06. The Morgan fingerprint density at radius 2 is 0.941 bits per heavy atom. The molecule has 0 aromatic heterocycles. The number of hydrogen-bond donors (Lipinski definition) is 0. The first kappa shape index (κ1) is 14.8. The van der Waals surface area contributed by atoms with Gasteiger partial charge in [0.05, 0.1) is 0 Å². The van der Waals surface area contributed by atoms with Crippen LogP contribution in [0.3, 0.4) is 0 Å². The molecule has 0 aromatic rings. The molecule has 1 aliphatic rings. The van der Waals surface area contributed by atoms with Crippen LogP contribution in [0.2, 0.25) is 0 Å². The van der Waals surface area contributed by atoms with Gasteiger partial charge < -0.3 is 9.47 Å². The zero-order valence-corrected chi connectivity index (χ0v) is 12.1. The van der Waals surface area contributed by atoms with Gasteiger partial charge in [-0.05, 0) is 13.8 Å². The largest absolute Gasteiger partial charge is 0.309 e. The monoisotopic (exact) mass is 250 g/mol. The highest BCUT2D eigenvalue weighted by atomic mass is 19.2. The van der Waals surface area contributed by atoms with Crippen LogP contribution in [0.5, 0.6) is 0 Å². The van der Waals surface area contributed by atoms with E-state index >= 15 is 8.78 Å². The summed E-state index contributed by atoms with van der Waals surface area (Å²) in [6.07, 6.45) is 0. The van der Waals surface area contributed by atoms with E-state index in [0.717, 1.165) is 0 Å². The fourth-order valence-electron chi connectivity index (χ4n) is 2.10. The molecule has 1 aliphatic heterocycles. The summed E-state index contributed by atoms with van der Waals surface area (Å²) in [5, 5.41) is 0. The Morgan fingerprint density at radius 3 is 1.12 bits per heavy atom. The van der Waals surface area contributed by atoms with Gasteiger partial charge >= 0.3 is 0 Å². The van der Waals surface area contributed by atoms with Gasteiger partial charge in [-0.1, -0.05) is 41.5 Å². The summed E-state index contributed by atoms with van der Waals surface area (Å²) >= 11 is 0. The van der Waals surface area contributed by atoms with Gasteiger partial charge in [-0.3, -0.25) is 0 Å². The smallest absolute Gasteiger partial charge is 0.276 e. The Morgan fingerprint density at radius 1 is 0.706 bits per heavy atom. The van der Waals surface area contributed by atoms with Crippen LogP contribution in [0.15, 0.2) is 0 Å². The van der Waals surface area contributed by atoms with Crippen LogP contribution < -0.4 is 0 Å². The maximum Gasteiger partial charge on any atom is 0.276 e. The lowest BCUT2D eigenvalue weighted by Crippen LogP contribution is -2.60. The van der Waals surface area contributed by atoms with E-state index in [9.17, 15) is 0 Å². The number of alkyl halides is 2. The first-order valence-corrected chi connectivity index (χ1v) is 5.94. The molecule has 1 rings (SSSR count). The third kappa shape index (κ3) is 1.99. The molecule has 2 nitrogen and oxygen atoms in total. The molecule has 17 heavy (non-hydrogen) atoms. The van der Waals surface area contributed by atoms with Crippen molar-refractivity contribution in [3.05, 3.63) is 0 Å². The molecular formula is C13H24F2O2. The van der Waals surface area contributed by atoms with Crippen molar-refractivity contribution < 1.29 is 18.3 Å². The molecular weight excluding hydrogens is 226 g/mol. The zero-order valence-electron chi connectivity index (χ0n) is 12.1. The summed E-state index contributed by atoms with van der Waals surface area (Å²) in [5.41, 5.74) is -2.05. The normalized spacial score (nSPS) is 38.5. The van der Waals surface area contributed by atoms with E-state index in [4.69, 9.17) is 9.47 Å². The molecule has 0 N–H and O–H groups in total. The van der Waals surface area contributed by atoms with Crippen molar-refractivity contribution in [1.82, 2.24) is 0 Å². The standard InChI is InChI=1S/C13H24F2O2/c1-9(2,3)12(14)13(15,10(4,5)6)17-11(7,8)16-12/h1-8H3. The van der Waals surface area contributed by atoms with E-state index in [-0.39, 0.29) is 0 Å². The van der Waals surface area contributed by atoms with E-state index < -0.39 is 28.3 Å². The first-order valence-electron chi connectivity index (χ1n) is 5.94. The van der Waals surface area contributed by atoms with E-state index in [0.29, 0.717) is 0 Å². The molecule has 0 bridgehead atoms. The lowest BCUT2D eigenvalue weighted by atomic mass is 9.72. The lowest BCUT2D eigenvalue weighted by molar-refractivity contribution is -0.300. The van der Waals surface area contributed by atoms with Gasteiger partial charge in [-0.25, -0.2) is 8.78 Å². The van der Waals surface area contributed by atoms with Crippen molar-refractivity contribution in [2.75, 3.05) is 0 Å². The third-order valence-corrected chi connectivity index (χ3v) is 3.12. The van der Waals surface area contributed by atoms with Crippen LogP contribution in [0.25, 0.3) is 0 Å². The number of halogens is 2. The lowest BCUT2D eigenvalue weighted by Gasteiger charge is -2.45. The van der Waals surface area contributed by atoms with Crippen molar-refractivity contribution >= 4 is 0 Å². The van der Waals surface area contributed by atoms with Gasteiger partial charge in [0.1, 0.15) is 0 Å². The molecule has 4 heteroatoms. The number of rotatable bonds is 0. The molecule has 2 atom stereocenters. The van der Waals surface area contributed by atoms with E-state index in [1.54, 1.807) is 41.5 Å². The second-order valence-electron chi connectivity index (χ2n) is 7.29. The van der Waals surface area contributed by atoms with Crippen molar-refractivity contribution in [2.24, 2.45) is 10.8 Å². The molecule has 1 fully saturated rings. The average Bonchev–Trinajstić information content (AvgIpc) is 2.15. The summed E-state index contributed by atoms with van der Waals surface area (Å²) in [6, 6.07) is 0. The van der Waals surface area contributed by atoms with Gasteiger partial charge in [-0.2, -0.15) is 0 Å². The fourth-order valence-corrected chi connectivity index (χ4v) is 2.10. The van der Waals surface area contributed by atoms with Crippen molar-refractivity contribution in [3.8, 4) is 0 Å². The van der Waals surface area contributed by atoms with Crippen molar-refractivity contribution in [2.45, 2.75) is 72.9 Å². The molecule has 1 heterocycles. The minimum absolute atomic E-state index is 1.02. The summed E-state index contributed by atoms with van der Waals surface area (Å²) in [7, 11) is 0. The Hall–Kier alpha value is -0.220. The van der Waals surface area contributed by atoms with Gasteiger partial charge in [0, 0.05) is 10.8 Å². The van der Waals surface area contributed by atoms with Gasteiger partial charge in [-0.15, -0.1) is 0 Å². The van der Waals surface area contributed by atoms with Gasteiger partial charge in [0.25, 0.3) is 11.7 Å². The predicted molar refractivity (Wildman–Crippen MR) is 62.8 cm³/mol. The highest BCUT2D eigenvalue weighted by Crippen LogP contribution is 2.60. The van der Waals surface area contributed by atoms with Crippen molar-refractivity contribution in [3.63, 3.8) is 0 Å². The Kier molecular flexibility index (Phi) is 2.98. The first-order chi connectivity index (χ1) is 7.16. The molecule has 0 spiro atoms. The van der Waals surface area contributed by atoms with E-state index in [1.807, 2.05) is 0 Å².